The first-order valence-corrected chi connectivity index (χ1v) is 12.9. The van der Waals surface area contributed by atoms with Crippen LogP contribution in [0.3, 0.4) is 0 Å². The van der Waals surface area contributed by atoms with Crippen molar-refractivity contribution < 1.29 is 4.39 Å². The number of halogens is 1. The van der Waals surface area contributed by atoms with Crippen molar-refractivity contribution in [3.8, 4) is 11.3 Å². The Morgan fingerprint density at radius 3 is 2.53 bits per heavy atom. The number of nitrogens with one attached hydrogen (secondary N) is 1. The average Bonchev–Trinajstić information content (AvgIpc) is 3.25. The van der Waals surface area contributed by atoms with Crippen LogP contribution in [0.15, 0.2) is 88.4 Å². The highest BCUT2D eigenvalue weighted by molar-refractivity contribution is 5.91. The van der Waals surface area contributed by atoms with Crippen molar-refractivity contribution in [2.45, 2.75) is 40.0 Å². The highest BCUT2D eigenvalue weighted by Gasteiger charge is 2.22. The topological polar surface area (TPSA) is 73.8 Å². The maximum absolute atomic E-state index is 14.1. The fraction of sp³-hybridized carbons (Fsp3) is 0.300. The van der Waals surface area contributed by atoms with Gasteiger partial charge in [-0.15, -0.1) is 0 Å². The summed E-state index contributed by atoms with van der Waals surface area (Å²) in [6, 6.07) is 13.9. The number of rotatable bonds is 7. The summed E-state index contributed by atoms with van der Waals surface area (Å²) in [5.74, 6) is 0.490. The Bertz CT molecular complexity index is 1640. The van der Waals surface area contributed by atoms with Crippen LogP contribution in [0.5, 0.6) is 0 Å². The quantitative estimate of drug-likeness (QED) is 0.373. The third kappa shape index (κ3) is 4.86. The highest BCUT2D eigenvalue weighted by atomic mass is 19.1. The summed E-state index contributed by atoms with van der Waals surface area (Å²) in [4.78, 5) is 30.9. The molecule has 0 aliphatic heterocycles. The number of benzene rings is 1. The van der Waals surface area contributed by atoms with Gasteiger partial charge in [-0.2, -0.15) is 0 Å². The molecular weight excluding hydrogens is 481 g/mol. The molecule has 0 fully saturated rings. The van der Waals surface area contributed by atoms with Gasteiger partial charge in [0.05, 0.1) is 11.2 Å². The van der Waals surface area contributed by atoms with Crippen molar-refractivity contribution in [3.63, 3.8) is 0 Å². The SMILES string of the molecule is CC(C)Cn1c(=O)n(C)c(=O)c2c(NC3=CC(C)C(F)C=C3)n(Cc3ccc(-c4ccccn4)cc3)cc21. The van der Waals surface area contributed by atoms with E-state index in [0.29, 0.717) is 35.5 Å². The van der Waals surface area contributed by atoms with Gasteiger partial charge >= 0.3 is 5.69 Å². The summed E-state index contributed by atoms with van der Waals surface area (Å²) in [7, 11) is 1.51. The average molecular weight is 514 g/mol. The Kier molecular flexibility index (Phi) is 6.89. The van der Waals surface area contributed by atoms with Crippen molar-refractivity contribution in [2.24, 2.45) is 18.9 Å². The van der Waals surface area contributed by atoms with E-state index in [-0.39, 0.29) is 23.1 Å². The van der Waals surface area contributed by atoms with E-state index in [1.165, 1.54) is 13.1 Å². The van der Waals surface area contributed by atoms with Crippen molar-refractivity contribution in [1.82, 2.24) is 18.7 Å². The maximum Gasteiger partial charge on any atom is 0.331 e. The molecule has 1 aromatic carbocycles. The van der Waals surface area contributed by atoms with E-state index < -0.39 is 6.17 Å². The van der Waals surface area contributed by atoms with Crippen LogP contribution in [0.4, 0.5) is 10.2 Å². The molecule has 7 nitrogen and oxygen atoms in total. The summed E-state index contributed by atoms with van der Waals surface area (Å²) in [5.41, 5.74) is 3.51. The number of anilines is 1. The molecule has 0 spiro atoms. The van der Waals surface area contributed by atoms with Gasteiger partial charge < -0.3 is 9.88 Å². The van der Waals surface area contributed by atoms with E-state index in [2.05, 4.69) is 10.3 Å². The minimum absolute atomic E-state index is 0.207. The molecule has 0 radical (unpaired) electrons. The predicted octanol–water partition coefficient (Wildman–Crippen LogP) is 5.11. The second-order valence-electron chi connectivity index (χ2n) is 10.3. The van der Waals surface area contributed by atoms with Crippen molar-refractivity contribution >= 4 is 16.7 Å². The lowest BCUT2D eigenvalue weighted by molar-refractivity contribution is 0.333. The largest absolute Gasteiger partial charge is 0.341 e. The molecule has 0 bridgehead atoms. The third-order valence-corrected chi connectivity index (χ3v) is 6.87. The molecule has 8 heteroatoms. The predicted molar refractivity (Wildman–Crippen MR) is 150 cm³/mol. The van der Waals surface area contributed by atoms with Crippen LogP contribution in [-0.4, -0.2) is 24.9 Å². The molecule has 2 atom stereocenters. The lowest BCUT2D eigenvalue weighted by Gasteiger charge is -2.19. The summed E-state index contributed by atoms with van der Waals surface area (Å²) in [6.07, 6.45) is 7.62. The van der Waals surface area contributed by atoms with E-state index in [1.807, 2.05) is 80.1 Å². The minimum Gasteiger partial charge on any atom is -0.341 e. The first-order chi connectivity index (χ1) is 18.2. The molecular formula is C30H32FN5O2. The summed E-state index contributed by atoms with van der Waals surface area (Å²) >= 11 is 0. The molecule has 1 N–H and O–H groups in total. The number of pyridine rings is 1. The first-order valence-electron chi connectivity index (χ1n) is 12.9. The van der Waals surface area contributed by atoms with Crippen LogP contribution in [-0.2, 0) is 20.1 Å². The Morgan fingerprint density at radius 1 is 1.11 bits per heavy atom. The van der Waals surface area contributed by atoms with E-state index in [1.54, 1.807) is 16.8 Å². The van der Waals surface area contributed by atoms with Gasteiger partial charge in [-0.25, -0.2) is 9.18 Å². The van der Waals surface area contributed by atoms with E-state index in [4.69, 9.17) is 0 Å². The van der Waals surface area contributed by atoms with Crippen LogP contribution in [0.1, 0.15) is 26.3 Å². The monoisotopic (exact) mass is 513 g/mol. The van der Waals surface area contributed by atoms with Gasteiger partial charge in [0.2, 0.25) is 0 Å². The van der Waals surface area contributed by atoms with Gasteiger partial charge in [-0.1, -0.05) is 57.2 Å². The van der Waals surface area contributed by atoms with Crippen LogP contribution in [0.2, 0.25) is 0 Å². The van der Waals surface area contributed by atoms with E-state index in [0.717, 1.165) is 21.4 Å². The van der Waals surface area contributed by atoms with Gasteiger partial charge in [0, 0.05) is 49.7 Å². The van der Waals surface area contributed by atoms with Gasteiger partial charge in [0.1, 0.15) is 17.4 Å². The summed E-state index contributed by atoms with van der Waals surface area (Å²) in [5, 5.41) is 3.81. The number of nitrogens with zero attached hydrogens (tertiary/aromatic N) is 4. The number of aromatic nitrogens is 4. The standard InChI is InChI=1S/C30H32FN5O2/c1-19(2)16-36-26-18-35(17-21-8-10-22(11-9-21)25-7-5-6-14-32-25)28(27(26)29(37)34(4)30(36)38)33-23-12-13-24(31)20(3)15-23/h5-15,18-20,24,33H,16-17H2,1-4H3. The molecule has 4 aromatic rings. The smallest absolute Gasteiger partial charge is 0.331 e. The zero-order chi connectivity index (χ0) is 27.0. The lowest BCUT2D eigenvalue weighted by Crippen LogP contribution is -2.38. The van der Waals surface area contributed by atoms with Crippen LogP contribution < -0.4 is 16.6 Å². The molecule has 5 rings (SSSR count). The second kappa shape index (κ2) is 10.3. The molecule has 0 saturated carbocycles. The first kappa shape index (κ1) is 25.4. The molecule has 3 heterocycles. The fourth-order valence-corrected chi connectivity index (χ4v) is 4.83. The Balaban J connectivity index is 1.63. The van der Waals surface area contributed by atoms with Crippen LogP contribution in [0, 0.1) is 11.8 Å². The molecule has 1 aliphatic rings. The Morgan fingerprint density at radius 2 is 1.87 bits per heavy atom. The molecule has 0 amide bonds. The second-order valence-corrected chi connectivity index (χ2v) is 10.3. The Labute approximate surface area is 220 Å². The van der Waals surface area contributed by atoms with E-state index in [9.17, 15) is 14.0 Å². The summed E-state index contributed by atoms with van der Waals surface area (Å²) in [6.45, 7) is 6.84. The zero-order valence-electron chi connectivity index (χ0n) is 22.1. The number of hydrogen-bond acceptors (Lipinski definition) is 4. The molecule has 3 aromatic heterocycles. The number of hydrogen-bond donors (Lipinski definition) is 1. The molecule has 38 heavy (non-hydrogen) atoms. The third-order valence-electron chi connectivity index (χ3n) is 6.87. The maximum atomic E-state index is 14.1. The molecule has 0 saturated heterocycles. The van der Waals surface area contributed by atoms with Crippen molar-refractivity contribution in [2.75, 3.05) is 5.32 Å². The van der Waals surface area contributed by atoms with Gasteiger partial charge in [-0.05, 0) is 35.8 Å². The minimum atomic E-state index is -1.05. The summed E-state index contributed by atoms with van der Waals surface area (Å²) < 4.78 is 18.9. The zero-order valence-corrected chi connectivity index (χ0v) is 22.1. The van der Waals surface area contributed by atoms with Crippen LogP contribution in [0.25, 0.3) is 22.2 Å². The molecule has 196 valence electrons. The number of alkyl halides is 1. The van der Waals surface area contributed by atoms with Gasteiger partial charge in [0.15, 0.2) is 0 Å². The van der Waals surface area contributed by atoms with Gasteiger partial charge in [-0.3, -0.25) is 18.9 Å². The number of fused-ring (bicyclic) bond motifs is 1. The van der Waals surface area contributed by atoms with Crippen molar-refractivity contribution in [1.29, 1.82) is 0 Å². The fourth-order valence-electron chi connectivity index (χ4n) is 4.83. The van der Waals surface area contributed by atoms with Crippen LogP contribution >= 0.6 is 0 Å². The number of allylic oxidation sites excluding steroid dienone is 3. The lowest BCUT2D eigenvalue weighted by atomic mass is 9.99. The van der Waals surface area contributed by atoms with Gasteiger partial charge in [0.25, 0.3) is 5.56 Å². The normalized spacial score (nSPS) is 17.3. The van der Waals surface area contributed by atoms with Crippen molar-refractivity contribution in [3.05, 3.63) is 105 Å². The Hall–Kier alpha value is -4.20. The molecule has 2 unspecified atom stereocenters. The van der Waals surface area contributed by atoms with E-state index >= 15 is 0 Å². The molecule has 1 aliphatic carbocycles. The highest BCUT2D eigenvalue weighted by Crippen LogP contribution is 2.28.